The number of unbranched alkanes of at least 4 members (excludes halogenated alkanes) is 4. The molecule has 0 aliphatic rings. The third kappa shape index (κ3) is 4.83. The molecule has 0 saturated heterocycles. The molecular formula is C17H26N4O. The topological polar surface area (TPSA) is 52.8 Å². The molecule has 0 aliphatic heterocycles. The summed E-state index contributed by atoms with van der Waals surface area (Å²) in [5.74, 6) is 0. The van der Waals surface area contributed by atoms with E-state index >= 15 is 0 Å². The molecule has 0 radical (unpaired) electrons. The third-order valence-electron chi connectivity index (χ3n) is 3.64. The van der Waals surface area contributed by atoms with Crippen LogP contribution in [0.3, 0.4) is 0 Å². The molecule has 1 aromatic carbocycles. The summed E-state index contributed by atoms with van der Waals surface area (Å²) < 4.78 is 7.40. The highest BCUT2D eigenvalue weighted by molar-refractivity contribution is 5.36. The van der Waals surface area contributed by atoms with Crippen molar-refractivity contribution in [2.45, 2.75) is 58.8 Å². The second kappa shape index (κ2) is 9.18. The van der Waals surface area contributed by atoms with Crippen LogP contribution in [0.5, 0.6) is 6.01 Å². The number of ether oxygens (including phenoxy) is 1. The maximum Gasteiger partial charge on any atom is 0.340 e. The number of benzene rings is 1. The number of nitrogens with zero attached hydrogens (tertiary/aromatic N) is 4. The predicted octanol–water partition coefficient (Wildman–Crippen LogP) is 3.96. The zero-order chi connectivity index (χ0) is 15.6. The molecular weight excluding hydrogens is 276 g/mol. The zero-order valence-corrected chi connectivity index (χ0v) is 13.7. The van der Waals surface area contributed by atoms with Gasteiger partial charge in [0.05, 0.1) is 12.3 Å². The van der Waals surface area contributed by atoms with Gasteiger partial charge in [0.1, 0.15) is 0 Å². The fourth-order valence-corrected chi connectivity index (χ4v) is 2.35. The summed E-state index contributed by atoms with van der Waals surface area (Å²) in [5, 5.41) is 11.8. The highest BCUT2D eigenvalue weighted by atomic mass is 16.5. The summed E-state index contributed by atoms with van der Waals surface area (Å²) in [5.41, 5.74) is 2.27. The van der Waals surface area contributed by atoms with Gasteiger partial charge in [-0.2, -0.15) is 4.68 Å². The van der Waals surface area contributed by atoms with Crippen molar-refractivity contribution in [1.82, 2.24) is 20.2 Å². The highest BCUT2D eigenvalue weighted by Gasteiger charge is 2.09. The number of tetrazole rings is 1. The molecule has 22 heavy (non-hydrogen) atoms. The van der Waals surface area contributed by atoms with Crippen molar-refractivity contribution >= 4 is 0 Å². The molecule has 2 rings (SSSR count). The van der Waals surface area contributed by atoms with Crippen LogP contribution >= 0.6 is 0 Å². The van der Waals surface area contributed by atoms with Crippen LogP contribution in [-0.4, -0.2) is 26.8 Å². The van der Waals surface area contributed by atoms with E-state index in [0.717, 1.165) is 18.5 Å². The smallest absolute Gasteiger partial charge is 0.340 e. The van der Waals surface area contributed by atoms with E-state index in [-0.39, 0.29) is 0 Å². The summed E-state index contributed by atoms with van der Waals surface area (Å²) in [6, 6.07) is 8.82. The van der Waals surface area contributed by atoms with Gasteiger partial charge < -0.3 is 4.74 Å². The first kappa shape index (κ1) is 16.5. The fourth-order valence-electron chi connectivity index (χ4n) is 2.35. The second-order valence-corrected chi connectivity index (χ2v) is 5.56. The molecule has 0 atom stereocenters. The molecule has 2 aromatic rings. The minimum Gasteiger partial charge on any atom is -0.462 e. The average molecular weight is 302 g/mol. The average Bonchev–Trinajstić information content (AvgIpc) is 3.01. The van der Waals surface area contributed by atoms with Crippen LogP contribution in [0.1, 0.15) is 57.9 Å². The first-order valence-electron chi connectivity index (χ1n) is 8.35. The Morgan fingerprint density at radius 1 is 1.05 bits per heavy atom. The Bertz CT molecular complexity index is 553. The Labute approximate surface area is 132 Å². The van der Waals surface area contributed by atoms with Crippen LogP contribution < -0.4 is 4.74 Å². The molecule has 0 N–H and O–H groups in total. The molecule has 0 saturated carbocycles. The number of rotatable bonds is 10. The number of hydrogen-bond donors (Lipinski definition) is 0. The van der Waals surface area contributed by atoms with Crippen molar-refractivity contribution < 1.29 is 4.74 Å². The van der Waals surface area contributed by atoms with Gasteiger partial charge in [-0.3, -0.25) is 0 Å². The summed E-state index contributed by atoms with van der Waals surface area (Å²) in [7, 11) is 0. The maximum atomic E-state index is 5.73. The SMILES string of the molecule is CCCCCCOc1nnnn1-c1cccc(CCCC)c1. The lowest BCUT2D eigenvalue weighted by atomic mass is 10.1. The Hall–Kier alpha value is -1.91. The quantitative estimate of drug-likeness (QED) is 0.623. The lowest BCUT2D eigenvalue weighted by Crippen LogP contribution is -2.05. The molecule has 0 aliphatic carbocycles. The van der Waals surface area contributed by atoms with Crippen LogP contribution in [0.25, 0.3) is 5.69 Å². The van der Waals surface area contributed by atoms with E-state index in [0.29, 0.717) is 12.6 Å². The van der Waals surface area contributed by atoms with Crippen molar-refractivity contribution in [2.24, 2.45) is 0 Å². The van der Waals surface area contributed by atoms with Gasteiger partial charge in [-0.15, -0.1) is 0 Å². The first-order chi connectivity index (χ1) is 10.8. The monoisotopic (exact) mass is 302 g/mol. The van der Waals surface area contributed by atoms with Gasteiger partial charge in [0.25, 0.3) is 0 Å². The van der Waals surface area contributed by atoms with Gasteiger partial charge in [0, 0.05) is 0 Å². The van der Waals surface area contributed by atoms with Gasteiger partial charge in [0.15, 0.2) is 0 Å². The van der Waals surface area contributed by atoms with Gasteiger partial charge in [0.2, 0.25) is 0 Å². The summed E-state index contributed by atoms with van der Waals surface area (Å²) in [6.45, 7) is 5.07. The Morgan fingerprint density at radius 2 is 1.91 bits per heavy atom. The second-order valence-electron chi connectivity index (χ2n) is 5.56. The molecule has 5 nitrogen and oxygen atoms in total. The van der Waals surface area contributed by atoms with E-state index < -0.39 is 0 Å². The van der Waals surface area contributed by atoms with Gasteiger partial charge in [-0.1, -0.05) is 56.8 Å². The minimum atomic E-state index is 0.476. The van der Waals surface area contributed by atoms with Crippen LogP contribution in [0, 0.1) is 0 Å². The van der Waals surface area contributed by atoms with Gasteiger partial charge in [-0.05, 0) is 47.4 Å². The number of aromatic nitrogens is 4. The van der Waals surface area contributed by atoms with E-state index in [2.05, 4.69) is 41.5 Å². The van der Waals surface area contributed by atoms with E-state index in [4.69, 9.17) is 4.74 Å². The molecule has 0 bridgehead atoms. The van der Waals surface area contributed by atoms with Crippen molar-refractivity contribution in [1.29, 1.82) is 0 Å². The molecule has 1 heterocycles. The standard InChI is InChI=1S/C17H26N4O/c1-3-5-7-8-13-22-17-18-19-20-21(17)16-12-9-11-15(14-16)10-6-4-2/h9,11-12,14H,3-8,10,13H2,1-2H3. The van der Waals surface area contributed by atoms with Gasteiger partial charge >= 0.3 is 6.01 Å². The summed E-state index contributed by atoms with van der Waals surface area (Å²) >= 11 is 0. The lowest BCUT2D eigenvalue weighted by molar-refractivity contribution is 0.274. The predicted molar refractivity (Wildman–Crippen MR) is 87.4 cm³/mol. The maximum absolute atomic E-state index is 5.73. The van der Waals surface area contributed by atoms with E-state index in [1.165, 1.54) is 37.7 Å². The Balaban J connectivity index is 1.99. The highest BCUT2D eigenvalue weighted by Crippen LogP contribution is 2.16. The van der Waals surface area contributed by atoms with Crippen molar-refractivity contribution in [3.05, 3.63) is 29.8 Å². The van der Waals surface area contributed by atoms with E-state index in [9.17, 15) is 0 Å². The summed E-state index contributed by atoms with van der Waals surface area (Å²) in [4.78, 5) is 0. The largest absolute Gasteiger partial charge is 0.462 e. The molecule has 0 fully saturated rings. The molecule has 0 amide bonds. The zero-order valence-electron chi connectivity index (χ0n) is 13.7. The van der Waals surface area contributed by atoms with Gasteiger partial charge in [-0.25, -0.2) is 0 Å². The lowest BCUT2D eigenvalue weighted by Gasteiger charge is -2.08. The first-order valence-corrected chi connectivity index (χ1v) is 8.35. The number of hydrogen-bond acceptors (Lipinski definition) is 4. The summed E-state index contributed by atoms with van der Waals surface area (Å²) in [6.07, 6.45) is 8.17. The Morgan fingerprint density at radius 3 is 2.73 bits per heavy atom. The molecule has 0 unspecified atom stereocenters. The van der Waals surface area contributed by atoms with E-state index in [1.54, 1.807) is 4.68 Å². The third-order valence-corrected chi connectivity index (χ3v) is 3.64. The van der Waals surface area contributed by atoms with Crippen molar-refractivity contribution in [3.63, 3.8) is 0 Å². The Kier molecular flexibility index (Phi) is 6.87. The van der Waals surface area contributed by atoms with Crippen LogP contribution in [0.2, 0.25) is 0 Å². The van der Waals surface area contributed by atoms with Crippen LogP contribution in [0.15, 0.2) is 24.3 Å². The van der Waals surface area contributed by atoms with Crippen LogP contribution in [0.4, 0.5) is 0 Å². The molecule has 0 spiro atoms. The molecule has 1 aromatic heterocycles. The van der Waals surface area contributed by atoms with Crippen LogP contribution in [-0.2, 0) is 6.42 Å². The van der Waals surface area contributed by atoms with Crippen molar-refractivity contribution in [3.8, 4) is 11.7 Å². The molecule has 120 valence electrons. The normalized spacial score (nSPS) is 10.8. The minimum absolute atomic E-state index is 0.476. The van der Waals surface area contributed by atoms with Crippen molar-refractivity contribution in [2.75, 3.05) is 6.61 Å². The fraction of sp³-hybridized carbons (Fsp3) is 0.588. The van der Waals surface area contributed by atoms with E-state index in [1.807, 2.05) is 12.1 Å². The molecule has 5 heteroatoms. The number of aryl methyl sites for hydroxylation is 1.